The standard InChI is InChI=1S/C20H22N4O6/c1-9-21-18(23-30-9)13-5-14(25)17(26)16(24(28)29)15(13)19(27)22-20-6-10-2-11(7-20)4-12(3-10)8-20/h5,10-12,25-26H,2-4,6-8H2,1H3,(H,22,27). The van der Waals surface area contributed by atoms with Crippen LogP contribution in [0.15, 0.2) is 10.6 Å². The maximum absolute atomic E-state index is 13.4. The summed E-state index contributed by atoms with van der Waals surface area (Å²) in [6.07, 6.45) is 6.13. The van der Waals surface area contributed by atoms with Crippen molar-refractivity contribution in [1.29, 1.82) is 0 Å². The Morgan fingerprint density at radius 2 is 1.83 bits per heavy atom. The molecule has 4 bridgehead atoms. The summed E-state index contributed by atoms with van der Waals surface area (Å²) in [6.45, 7) is 1.54. The molecule has 6 rings (SSSR count). The number of hydrogen-bond donors (Lipinski definition) is 3. The summed E-state index contributed by atoms with van der Waals surface area (Å²) >= 11 is 0. The first kappa shape index (κ1) is 18.8. The smallest absolute Gasteiger partial charge is 0.328 e. The van der Waals surface area contributed by atoms with E-state index in [9.17, 15) is 25.1 Å². The number of phenolic OH excluding ortho intramolecular Hbond substituents is 2. The number of carbonyl (C=O) groups excluding carboxylic acids is 1. The van der Waals surface area contributed by atoms with Crippen LogP contribution >= 0.6 is 0 Å². The van der Waals surface area contributed by atoms with Crippen LogP contribution in [0.4, 0.5) is 5.69 Å². The van der Waals surface area contributed by atoms with Crippen LogP contribution in [0.25, 0.3) is 11.4 Å². The van der Waals surface area contributed by atoms with Gasteiger partial charge in [-0.15, -0.1) is 0 Å². The van der Waals surface area contributed by atoms with E-state index in [1.54, 1.807) is 6.92 Å². The lowest BCUT2D eigenvalue weighted by molar-refractivity contribution is -0.386. The first-order valence-corrected chi connectivity index (χ1v) is 10.1. The molecule has 10 heteroatoms. The number of hydrogen-bond acceptors (Lipinski definition) is 8. The van der Waals surface area contributed by atoms with Crippen molar-refractivity contribution in [2.45, 2.75) is 51.0 Å². The Hall–Kier alpha value is -3.17. The fourth-order valence-electron chi connectivity index (χ4n) is 6.20. The van der Waals surface area contributed by atoms with Crippen molar-refractivity contribution in [1.82, 2.24) is 15.5 Å². The van der Waals surface area contributed by atoms with Crippen molar-refractivity contribution in [3.05, 3.63) is 27.6 Å². The molecule has 0 aliphatic heterocycles. The van der Waals surface area contributed by atoms with Crippen molar-refractivity contribution in [3.8, 4) is 22.9 Å². The van der Waals surface area contributed by atoms with E-state index in [2.05, 4.69) is 15.5 Å². The third-order valence-corrected chi connectivity index (χ3v) is 6.85. The predicted molar refractivity (Wildman–Crippen MR) is 103 cm³/mol. The van der Waals surface area contributed by atoms with Gasteiger partial charge in [-0.1, -0.05) is 5.16 Å². The maximum Gasteiger partial charge on any atom is 0.328 e. The minimum atomic E-state index is -0.959. The van der Waals surface area contributed by atoms with Crippen LogP contribution in [0.1, 0.15) is 54.8 Å². The maximum atomic E-state index is 13.4. The zero-order valence-electron chi connectivity index (χ0n) is 16.4. The second-order valence-corrected chi connectivity index (χ2v) is 9.06. The first-order valence-electron chi connectivity index (χ1n) is 10.1. The molecule has 1 aromatic heterocycles. The Balaban J connectivity index is 1.59. The number of amides is 1. The van der Waals surface area contributed by atoms with Crippen LogP contribution in [0.3, 0.4) is 0 Å². The van der Waals surface area contributed by atoms with Gasteiger partial charge < -0.3 is 20.1 Å². The van der Waals surface area contributed by atoms with Gasteiger partial charge >= 0.3 is 5.69 Å². The number of carbonyl (C=O) groups is 1. The summed E-state index contributed by atoms with van der Waals surface area (Å²) in [5.41, 5.74) is -1.69. The van der Waals surface area contributed by atoms with Crippen LogP contribution in [-0.2, 0) is 0 Å². The fraction of sp³-hybridized carbons (Fsp3) is 0.550. The minimum absolute atomic E-state index is 0.0592. The van der Waals surface area contributed by atoms with Gasteiger partial charge in [0, 0.05) is 18.0 Å². The molecule has 4 aliphatic carbocycles. The Kier molecular flexibility index (Phi) is 4.03. The van der Waals surface area contributed by atoms with Gasteiger partial charge in [-0.3, -0.25) is 14.9 Å². The highest BCUT2D eigenvalue weighted by molar-refractivity contribution is 6.06. The Labute approximate surface area is 171 Å². The molecule has 1 aromatic carbocycles. The number of phenols is 2. The van der Waals surface area contributed by atoms with Gasteiger partial charge in [0.15, 0.2) is 5.75 Å². The molecule has 2 aromatic rings. The number of nitrogens with zero attached hydrogens (tertiary/aromatic N) is 3. The summed E-state index contributed by atoms with van der Waals surface area (Å²) < 4.78 is 4.95. The van der Waals surface area contributed by atoms with Crippen LogP contribution in [-0.4, -0.2) is 36.7 Å². The number of aromatic nitrogens is 2. The lowest BCUT2D eigenvalue weighted by Crippen LogP contribution is -2.59. The highest BCUT2D eigenvalue weighted by Gasteiger charge is 2.52. The van der Waals surface area contributed by atoms with Crippen molar-refractivity contribution >= 4 is 11.6 Å². The number of nitrogens with one attached hydrogen (secondary N) is 1. The highest BCUT2D eigenvalue weighted by atomic mass is 16.6. The van der Waals surface area contributed by atoms with Gasteiger partial charge in [-0.2, -0.15) is 4.98 Å². The fourth-order valence-corrected chi connectivity index (χ4v) is 6.20. The van der Waals surface area contributed by atoms with E-state index in [1.807, 2.05) is 0 Å². The molecular weight excluding hydrogens is 392 g/mol. The lowest BCUT2D eigenvalue weighted by atomic mass is 9.53. The normalized spacial score (nSPS) is 29.2. The molecule has 3 N–H and O–H groups in total. The quantitative estimate of drug-likeness (QED) is 0.392. The van der Waals surface area contributed by atoms with E-state index in [4.69, 9.17) is 4.52 Å². The van der Waals surface area contributed by atoms with Crippen LogP contribution in [0.2, 0.25) is 0 Å². The van der Waals surface area contributed by atoms with Crippen LogP contribution in [0, 0.1) is 34.8 Å². The van der Waals surface area contributed by atoms with Crippen LogP contribution in [0.5, 0.6) is 11.5 Å². The van der Waals surface area contributed by atoms with Crippen molar-refractivity contribution in [3.63, 3.8) is 0 Å². The average molecular weight is 414 g/mol. The number of benzene rings is 1. The first-order chi connectivity index (χ1) is 14.2. The van der Waals surface area contributed by atoms with Crippen LogP contribution < -0.4 is 5.32 Å². The third kappa shape index (κ3) is 2.89. The van der Waals surface area contributed by atoms with Crippen molar-refractivity contribution in [2.24, 2.45) is 17.8 Å². The Morgan fingerprint density at radius 1 is 1.23 bits per heavy atom. The number of aromatic hydroxyl groups is 2. The van der Waals surface area contributed by atoms with E-state index in [-0.39, 0.29) is 22.8 Å². The molecule has 30 heavy (non-hydrogen) atoms. The summed E-state index contributed by atoms with van der Waals surface area (Å²) in [4.78, 5) is 28.3. The van der Waals surface area contributed by atoms with Gasteiger partial charge in [0.05, 0.1) is 4.92 Å². The molecule has 0 atom stereocenters. The Morgan fingerprint density at radius 3 is 2.33 bits per heavy atom. The summed E-state index contributed by atoms with van der Waals surface area (Å²) in [7, 11) is 0. The molecule has 10 nitrogen and oxygen atoms in total. The van der Waals surface area contributed by atoms with Gasteiger partial charge in [0.1, 0.15) is 5.56 Å². The number of nitro groups is 1. The number of aryl methyl sites for hydroxylation is 1. The largest absolute Gasteiger partial charge is 0.504 e. The third-order valence-electron chi connectivity index (χ3n) is 6.85. The molecule has 0 saturated heterocycles. The van der Waals surface area contributed by atoms with E-state index in [1.165, 1.54) is 19.3 Å². The van der Waals surface area contributed by atoms with E-state index in [0.29, 0.717) is 17.8 Å². The summed E-state index contributed by atoms with van der Waals surface area (Å²) in [6, 6.07) is 1.06. The van der Waals surface area contributed by atoms with Gasteiger partial charge in [-0.05, 0) is 62.3 Å². The van der Waals surface area contributed by atoms with Crippen molar-refractivity contribution in [2.75, 3.05) is 0 Å². The Bertz CT molecular complexity index is 1030. The molecule has 4 fully saturated rings. The molecule has 4 saturated carbocycles. The van der Waals surface area contributed by atoms with Gasteiger partial charge in [0.25, 0.3) is 5.91 Å². The van der Waals surface area contributed by atoms with Crippen molar-refractivity contribution < 1.29 is 24.5 Å². The zero-order valence-corrected chi connectivity index (χ0v) is 16.4. The summed E-state index contributed by atoms with van der Waals surface area (Å²) in [5.74, 6) is -0.520. The number of nitro benzene ring substituents is 1. The summed E-state index contributed by atoms with van der Waals surface area (Å²) in [5, 5.41) is 38.8. The zero-order chi connectivity index (χ0) is 21.2. The monoisotopic (exact) mass is 414 g/mol. The second kappa shape index (κ2) is 6.41. The highest BCUT2D eigenvalue weighted by Crippen LogP contribution is 2.56. The molecule has 1 heterocycles. The second-order valence-electron chi connectivity index (χ2n) is 9.06. The molecule has 158 valence electrons. The average Bonchev–Trinajstić information content (AvgIpc) is 3.07. The molecule has 1 amide bonds. The molecular formula is C20H22N4O6. The lowest BCUT2D eigenvalue weighted by Gasteiger charge is -2.56. The van der Waals surface area contributed by atoms with E-state index < -0.39 is 33.6 Å². The minimum Gasteiger partial charge on any atom is -0.504 e. The topological polar surface area (TPSA) is 152 Å². The predicted octanol–water partition coefficient (Wildman–Crippen LogP) is 3.06. The SMILES string of the molecule is Cc1nc(-c2cc(O)c(O)c([N+](=O)[O-])c2C(=O)NC23CC4CC(CC(C4)C2)C3)no1. The molecule has 0 radical (unpaired) electrons. The van der Waals surface area contributed by atoms with E-state index in [0.717, 1.165) is 25.3 Å². The molecule has 0 unspecified atom stereocenters. The molecule has 4 aliphatic rings. The number of rotatable bonds is 4. The van der Waals surface area contributed by atoms with Gasteiger partial charge in [0.2, 0.25) is 17.5 Å². The van der Waals surface area contributed by atoms with E-state index >= 15 is 0 Å². The molecule has 0 spiro atoms. The van der Waals surface area contributed by atoms with Gasteiger partial charge in [-0.25, -0.2) is 0 Å².